The Bertz CT molecular complexity index is 102. The molecule has 0 radical (unpaired) electrons. The molecular formula is C5H7Br3O. The fraction of sp³-hybridized carbons (Fsp3) is 0.800. The third-order valence-electron chi connectivity index (χ3n) is 1.04. The van der Waals surface area contributed by atoms with Gasteiger partial charge in [-0.2, -0.15) is 0 Å². The normalized spacial score (nSPS) is 13.9. The van der Waals surface area contributed by atoms with Gasteiger partial charge in [-0.25, -0.2) is 0 Å². The third kappa shape index (κ3) is 3.73. The van der Waals surface area contributed by atoms with Crippen LogP contribution in [0.25, 0.3) is 0 Å². The van der Waals surface area contributed by atoms with Gasteiger partial charge in [0, 0.05) is 0 Å². The highest BCUT2D eigenvalue weighted by molar-refractivity contribution is 9.24. The molecule has 0 bridgehead atoms. The van der Waals surface area contributed by atoms with Crippen LogP contribution in [0, 0.1) is 5.92 Å². The van der Waals surface area contributed by atoms with Crippen molar-refractivity contribution in [3.8, 4) is 0 Å². The molecule has 0 aliphatic carbocycles. The minimum absolute atomic E-state index is 0.0324. The van der Waals surface area contributed by atoms with Crippen molar-refractivity contribution in [3.05, 3.63) is 0 Å². The molecule has 9 heavy (non-hydrogen) atoms. The number of alkyl halides is 2. The Hall–Kier alpha value is 1.11. The van der Waals surface area contributed by atoms with Crippen LogP contribution in [0.4, 0.5) is 0 Å². The van der Waals surface area contributed by atoms with Gasteiger partial charge in [0.25, 0.3) is 0 Å². The van der Waals surface area contributed by atoms with Crippen LogP contribution < -0.4 is 0 Å². The largest absolute Gasteiger partial charge is 0.286 e. The van der Waals surface area contributed by atoms with Crippen molar-refractivity contribution in [2.24, 2.45) is 5.92 Å². The Morgan fingerprint density at radius 1 is 1.56 bits per heavy atom. The highest BCUT2D eigenvalue weighted by atomic mass is 79.9. The zero-order chi connectivity index (χ0) is 7.44. The summed E-state index contributed by atoms with van der Waals surface area (Å²) in [6, 6.07) is 0. The maximum Gasteiger partial charge on any atom is 0.202 e. The fourth-order valence-corrected chi connectivity index (χ4v) is 2.96. The molecule has 0 heterocycles. The van der Waals surface area contributed by atoms with E-state index in [9.17, 15) is 4.79 Å². The van der Waals surface area contributed by atoms with Gasteiger partial charge in [0.1, 0.15) is 0 Å². The van der Waals surface area contributed by atoms with Gasteiger partial charge in [0.2, 0.25) is 4.69 Å². The van der Waals surface area contributed by atoms with Gasteiger partial charge >= 0.3 is 0 Å². The lowest BCUT2D eigenvalue weighted by Crippen LogP contribution is -2.13. The number of halogens is 3. The predicted molar refractivity (Wildman–Crippen MR) is 49.4 cm³/mol. The lowest BCUT2D eigenvalue weighted by atomic mass is 10.1. The molecule has 0 aromatic carbocycles. The van der Waals surface area contributed by atoms with Crippen LogP contribution >= 0.6 is 47.8 Å². The second-order valence-corrected chi connectivity index (χ2v) is 5.64. The molecule has 0 saturated heterocycles. The third-order valence-corrected chi connectivity index (χ3v) is 2.90. The van der Waals surface area contributed by atoms with E-state index in [-0.39, 0.29) is 14.3 Å². The van der Waals surface area contributed by atoms with Crippen LogP contribution in [0.3, 0.4) is 0 Å². The Kier molecular flexibility index (Phi) is 5.45. The molecule has 0 amide bonds. The Morgan fingerprint density at radius 2 is 2.00 bits per heavy atom. The summed E-state index contributed by atoms with van der Waals surface area (Å²) in [7, 11) is 0. The first-order valence-corrected chi connectivity index (χ1v) is 5.19. The number of carbonyl (C=O) groups is 1. The number of carbonyl (C=O) groups excluding carboxylic acids is 1. The Balaban J connectivity index is 3.83. The van der Waals surface area contributed by atoms with Crippen molar-refractivity contribution < 1.29 is 4.79 Å². The first kappa shape index (κ1) is 10.1. The topological polar surface area (TPSA) is 17.1 Å². The van der Waals surface area contributed by atoms with Crippen LogP contribution in [0.15, 0.2) is 0 Å². The molecular weight excluding hydrogens is 316 g/mol. The minimum Gasteiger partial charge on any atom is -0.286 e. The molecule has 0 saturated carbocycles. The van der Waals surface area contributed by atoms with Crippen molar-refractivity contribution in [2.75, 3.05) is 0 Å². The predicted octanol–water partition coefficient (Wildman–Crippen LogP) is 3.05. The molecule has 54 valence electrons. The Labute approximate surface area is 80.0 Å². The molecule has 0 fully saturated rings. The van der Waals surface area contributed by atoms with Gasteiger partial charge in [-0.3, -0.25) is 4.79 Å². The zero-order valence-electron chi connectivity index (χ0n) is 4.90. The second kappa shape index (κ2) is 4.85. The van der Waals surface area contributed by atoms with Gasteiger partial charge < -0.3 is 0 Å². The van der Waals surface area contributed by atoms with E-state index in [1.807, 2.05) is 6.92 Å². The molecule has 0 aromatic rings. The Morgan fingerprint density at radius 3 is 2.00 bits per heavy atom. The van der Waals surface area contributed by atoms with E-state index in [0.29, 0.717) is 0 Å². The quantitative estimate of drug-likeness (QED) is 0.576. The average molecular weight is 323 g/mol. The monoisotopic (exact) mass is 320 g/mol. The minimum atomic E-state index is 0.0324. The van der Waals surface area contributed by atoms with Crippen LogP contribution in [0.2, 0.25) is 0 Å². The molecule has 0 aliphatic rings. The van der Waals surface area contributed by atoms with Crippen molar-refractivity contribution in [2.45, 2.75) is 17.1 Å². The standard InChI is InChI=1S/C5H7Br3O/c1-2-3(4(6)7)5(8)9/h3-4H,2H2,1H3. The SMILES string of the molecule is CCC(C(=O)Br)C(Br)Br. The van der Waals surface area contributed by atoms with E-state index in [4.69, 9.17) is 0 Å². The van der Waals surface area contributed by atoms with E-state index in [1.165, 1.54) is 0 Å². The molecule has 4 heteroatoms. The summed E-state index contributed by atoms with van der Waals surface area (Å²) in [4.78, 5) is 10.7. The lowest BCUT2D eigenvalue weighted by molar-refractivity contribution is -0.113. The van der Waals surface area contributed by atoms with E-state index >= 15 is 0 Å². The molecule has 0 aromatic heterocycles. The van der Waals surface area contributed by atoms with Crippen LogP contribution in [-0.4, -0.2) is 8.43 Å². The molecule has 1 nitrogen and oxygen atoms in total. The van der Waals surface area contributed by atoms with Crippen LogP contribution in [-0.2, 0) is 4.79 Å². The zero-order valence-corrected chi connectivity index (χ0v) is 9.66. The lowest BCUT2D eigenvalue weighted by Gasteiger charge is -2.09. The van der Waals surface area contributed by atoms with Crippen molar-refractivity contribution in [3.63, 3.8) is 0 Å². The average Bonchev–Trinajstić information content (AvgIpc) is 1.64. The maximum absolute atomic E-state index is 10.7. The van der Waals surface area contributed by atoms with Gasteiger partial charge in [0.15, 0.2) is 0 Å². The molecule has 1 unspecified atom stereocenters. The summed E-state index contributed by atoms with van der Waals surface area (Å²) in [5, 5.41) is 0. The molecule has 0 rings (SSSR count). The molecule has 0 aliphatic heterocycles. The molecule has 1 atom stereocenters. The second-order valence-electron chi connectivity index (χ2n) is 1.65. The summed E-state index contributed by atoms with van der Waals surface area (Å²) in [6.07, 6.45) is 0.839. The van der Waals surface area contributed by atoms with Crippen LogP contribution in [0.5, 0.6) is 0 Å². The van der Waals surface area contributed by atoms with E-state index in [2.05, 4.69) is 47.8 Å². The first-order chi connectivity index (χ1) is 4.09. The van der Waals surface area contributed by atoms with Gasteiger partial charge in [-0.15, -0.1) is 0 Å². The van der Waals surface area contributed by atoms with Crippen molar-refractivity contribution in [1.82, 2.24) is 0 Å². The molecule has 0 N–H and O–H groups in total. The number of hydrogen-bond acceptors (Lipinski definition) is 1. The summed E-state index contributed by atoms with van der Waals surface area (Å²) < 4.78 is 0.130. The highest BCUT2D eigenvalue weighted by Gasteiger charge is 2.19. The summed E-state index contributed by atoms with van der Waals surface area (Å²) >= 11 is 9.44. The van der Waals surface area contributed by atoms with Crippen LogP contribution in [0.1, 0.15) is 13.3 Å². The van der Waals surface area contributed by atoms with Crippen molar-refractivity contribution >= 4 is 52.5 Å². The smallest absolute Gasteiger partial charge is 0.202 e. The van der Waals surface area contributed by atoms with Crippen molar-refractivity contribution in [1.29, 1.82) is 0 Å². The van der Waals surface area contributed by atoms with Gasteiger partial charge in [-0.1, -0.05) is 38.8 Å². The van der Waals surface area contributed by atoms with Gasteiger partial charge in [-0.05, 0) is 22.4 Å². The summed E-state index contributed by atoms with van der Waals surface area (Å²) in [5.74, 6) is 0.0324. The number of hydrogen-bond donors (Lipinski definition) is 0. The van der Waals surface area contributed by atoms with E-state index in [0.717, 1.165) is 6.42 Å². The maximum atomic E-state index is 10.7. The first-order valence-electron chi connectivity index (χ1n) is 2.57. The summed E-state index contributed by atoms with van der Waals surface area (Å²) in [6.45, 7) is 1.97. The van der Waals surface area contributed by atoms with E-state index in [1.54, 1.807) is 0 Å². The van der Waals surface area contributed by atoms with Gasteiger partial charge in [0.05, 0.1) is 9.65 Å². The molecule has 0 spiro atoms. The fourth-order valence-electron chi connectivity index (χ4n) is 0.438. The van der Waals surface area contributed by atoms with E-state index < -0.39 is 0 Å². The number of rotatable bonds is 3. The highest BCUT2D eigenvalue weighted by Crippen LogP contribution is 2.24. The summed E-state index contributed by atoms with van der Waals surface area (Å²) in [5.41, 5.74) is 0.